The van der Waals surface area contributed by atoms with E-state index in [1.165, 1.54) is 12.1 Å². The van der Waals surface area contributed by atoms with Gasteiger partial charge in [0.25, 0.3) is 0 Å². The molecule has 11 heteroatoms. The van der Waals surface area contributed by atoms with E-state index in [1.54, 1.807) is 12.1 Å². The molecule has 3 N–H and O–H groups in total. The first-order chi connectivity index (χ1) is 11.8. The molecule has 0 aliphatic rings. The van der Waals surface area contributed by atoms with Gasteiger partial charge in [-0.05, 0) is 38.1 Å². The lowest BCUT2D eigenvalue weighted by atomic mass is 10.1. The summed E-state index contributed by atoms with van der Waals surface area (Å²) in [6.07, 6.45) is 1.13. The summed E-state index contributed by atoms with van der Waals surface area (Å²) in [6.45, 7) is 4.05. The predicted octanol–water partition coefficient (Wildman–Crippen LogP) is 2.92. The molecule has 0 saturated heterocycles. The molecule has 0 saturated carbocycles. The molecule has 0 bridgehead atoms. The van der Waals surface area contributed by atoms with Crippen LogP contribution in [0.2, 0.25) is 0 Å². The van der Waals surface area contributed by atoms with Crippen LogP contribution in [0, 0.1) is 0 Å². The van der Waals surface area contributed by atoms with Crippen LogP contribution in [0.15, 0.2) is 29.2 Å². The number of halogens is 3. The number of benzene rings is 1. The maximum absolute atomic E-state index is 11.6. The van der Waals surface area contributed by atoms with E-state index in [1.807, 2.05) is 13.8 Å². The third-order valence-corrected chi connectivity index (χ3v) is 4.77. The van der Waals surface area contributed by atoms with Gasteiger partial charge >= 0.3 is 0 Å². The van der Waals surface area contributed by atoms with Gasteiger partial charge < -0.3 is 11.1 Å². The van der Waals surface area contributed by atoms with E-state index in [0.717, 1.165) is 6.26 Å². The molecule has 2 aromatic rings. The third-order valence-electron chi connectivity index (χ3n) is 3.13. The van der Waals surface area contributed by atoms with Gasteiger partial charge in [0.2, 0.25) is 9.74 Å². The molecule has 0 fully saturated rings. The number of aromatic nitrogens is 3. The van der Waals surface area contributed by atoms with E-state index in [2.05, 4.69) is 20.3 Å². The Hall–Kier alpha value is -1.19. The van der Waals surface area contributed by atoms with Gasteiger partial charge in [-0.2, -0.15) is 9.97 Å². The summed E-state index contributed by atoms with van der Waals surface area (Å²) >= 11 is 17.7. The maximum Gasteiger partial charge on any atom is 0.250 e. The van der Waals surface area contributed by atoms with Crippen molar-refractivity contribution in [1.29, 1.82) is 0 Å². The number of anilines is 1. The smallest absolute Gasteiger partial charge is 0.250 e. The molecule has 0 atom stereocenters. The number of rotatable bonds is 5. The van der Waals surface area contributed by atoms with Gasteiger partial charge in [-0.3, -0.25) is 0 Å². The fourth-order valence-electron chi connectivity index (χ4n) is 1.87. The minimum Gasteiger partial charge on any atom is -0.352 e. The Morgan fingerprint density at radius 1 is 1.08 bits per heavy atom. The molecule has 1 aromatic carbocycles. The first kappa shape index (κ1) is 21.1. The molecule has 26 heavy (non-hydrogen) atoms. The second-order valence-corrected chi connectivity index (χ2v) is 10.7. The van der Waals surface area contributed by atoms with Crippen molar-refractivity contribution in [3.63, 3.8) is 0 Å². The third kappa shape index (κ3) is 5.92. The Morgan fingerprint density at radius 3 is 2.12 bits per heavy atom. The molecule has 0 aliphatic heterocycles. The van der Waals surface area contributed by atoms with Crippen LogP contribution >= 0.6 is 34.8 Å². The Morgan fingerprint density at radius 2 is 1.65 bits per heavy atom. The summed E-state index contributed by atoms with van der Waals surface area (Å²) < 4.78 is 21.3. The zero-order valence-corrected chi connectivity index (χ0v) is 17.4. The van der Waals surface area contributed by atoms with E-state index in [0.29, 0.717) is 12.1 Å². The lowest BCUT2D eigenvalue weighted by Gasteiger charge is -2.20. The van der Waals surface area contributed by atoms with Crippen LogP contribution in [0.5, 0.6) is 0 Å². The van der Waals surface area contributed by atoms with Crippen LogP contribution in [-0.4, -0.2) is 41.7 Å². The van der Waals surface area contributed by atoms with Crippen molar-refractivity contribution in [2.24, 2.45) is 5.73 Å². The molecule has 1 heterocycles. The summed E-state index contributed by atoms with van der Waals surface area (Å²) in [5.41, 5.74) is 5.98. The second kappa shape index (κ2) is 7.44. The van der Waals surface area contributed by atoms with Crippen LogP contribution in [0.25, 0.3) is 11.4 Å². The minimum absolute atomic E-state index is 0.0583. The van der Waals surface area contributed by atoms with Crippen molar-refractivity contribution in [2.75, 3.05) is 18.1 Å². The molecule has 0 radical (unpaired) electrons. The average Bonchev–Trinajstić information content (AvgIpc) is 2.50. The van der Waals surface area contributed by atoms with Gasteiger partial charge in [-0.25, -0.2) is 13.4 Å². The summed E-state index contributed by atoms with van der Waals surface area (Å²) in [7, 11) is -3.31. The van der Waals surface area contributed by atoms with Gasteiger partial charge in [0.1, 0.15) is 0 Å². The molecule has 2 rings (SSSR count). The number of hydrogen-bond acceptors (Lipinski definition) is 7. The van der Waals surface area contributed by atoms with E-state index < -0.39 is 19.2 Å². The van der Waals surface area contributed by atoms with Crippen LogP contribution in [0.4, 0.5) is 5.95 Å². The molecule has 0 spiro atoms. The van der Waals surface area contributed by atoms with E-state index in [-0.39, 0.29) is 22.5 Å². The number of sulfone groups is 1. The van der Waals surface area contributed by atoms with Gasteiger partial charge in [0.05, 0.1) is 4.90 Å². The molecule has 0 aliphatic carbocycles. The van der Waals surface area contributed by atoms with Crippen molar-refractivity contribution in [3.05, 3.63) is 30.1 Å². The minimum atomic E-state index is -3.31. The highest BCUT2D eigenvalue weighted by molar-refractivity contribution is 7.90. The standard InChI is InChI=1S/C15H18Cl3N5O2S/c1-14(2,19)8-20-13-22-11(21-12(23-13)15(16,17)18)9-4-6-10(7-5-9)26(3,24)25/h4-7H,8,19H2,1-3H3,(H,20,21,22,23). The van der Waals surface area contributed by atoms with Crippen molar-refractivity contribution in [1.82, 2.24) is 15.0 Å². The summed E-state index contributed by atoms with van der Waals surface area (Å²) in [4.78, 5) is 12.8. The molecular formula is C15H18Cl3N5O2S. The summed E-state index contributed by atoms with van der Waals surface area (Å²) in [6, 6.07) is 6.06. The lowest BCUT2D eigenvalue weighted by molar-refractivity contribution is 0.547. The van der Waals surface area contributed by atoms with Crippen molar-refractivity contribution in [3.8, 4) is 11.4 Å². The predicted molar refractivity (Wildman–Crippen MR) is 104 cm³/mol. The Labute approximate surface area is 167 Å². The highest BCUT2D eigenvalue weighted by Crippen LogP contribution is 2.36. The fraction of sp³-hybridized carbons (Fsp3) is 0.400. The van der Waals surface area contributed by atoms with Gasteiger partial charge in [-0.1, -0.05) is 34.8 Å². The highest BCUT2D eigenvalue weighted by atomic mass is 35.6. The topological polar surface area (TPSA) is 111 Å². The van der Waals surface area contributed by atoms with Crippen LogP contribution in [-0.2, 0) is 13.6 Å². The Kier molecular flexibility index (Phi) is 6.04. The van der Waals surface area contributed by atoms with Gasteiger partial charge in [0.15, 0.2) is 21.5 Å². The summed E-state index contributed by atoms with van der Waals surface area (Å²) in [5, 5.41) is 2.98. The number of nitrogens with two attached hydrogens (primary N) is 1. The van der Waals surface area contributed by atoms with Crippen molar-refractivity contribution in [2.45, 2.75) is 28.1 Å². The van der Waals surface area contributed by atoms with Crippen LogP contribution < -0.4 is 11.1 Å². The average molecular weight is 439 g/mol. The molecule has 1 aromatic heterocycles. The molecule has 0 amide bonds. The highest BCUT2D eigenvalue weighted by Gasteiger charge is 2.29. The second-order valence-electron chi connectivity index (χ2n) is 6.44. The molecular weight excluding hydrogens is 421 g/mol. The van der Waals surface area contributed by atoms with E-state index in [4.69, 9.17) is 40.5 Å². The quantitative estimate of drug-likeness (QED) is 0.690. The fourth-order valence-corrected chi connectivity index (χ4v) is 2.75. The lowest BCUT2D eigenvalue weighted by Crippen LogP contribution is -2.40. The van der Waals surface area contributed by atoms with Gasteiger partial charge in [0, 0.05) is 23.9 Å². The number of hydrogen-bond donors (Lipinski definition) is 2. The van der Waals surface area contributed by atoms with Gasteiger partial charge in [-0.15, -0.1) is 0 Å². The van der Waals surface area contributed by atoms with E-state index >= 15 is 0 Å². The number of nitrogens with zero attached hydrogens (tertiary/aromatic N) is 3. The van der Waals surface area contributed by atoms with Crippen LogP contribution in [0.1, 0.15) is 19.7 Å². The van der Waals surface area contributed by atoms with Crippen molar-refractivity contribution >= 4 is 50.6 Å². The Balaban J connectivity index is 2.46. The number of alkyl halides is 3. The SMILES string of the molecule is CC(C)(N)CNc1nc(-c2ccc(S(C)(=O)=O)cc2)nc(C(Cl)(Cl)Cl)n1. The zero-order valence-electron chi connectivity index (χ0n) is 14.3. The molecule has 0 unspecified atom stereocenters. The monoisotopic (exact) mass is 437 g/mol. The van der Waals surface area contributed by atoms with Crippen LogP contribution in [0.3, 0.4) is 0 Å². The maximum atomic E-state index is 11.6. The van der Waals surface area contributed by atoms with Crippen molar-refractivity contribution < 1.29 is 8.42 Å². The zero-order chi connectivity index (χ0) is 19.8. The summed E-state index contributed by atoms with van der Waals surface area (Å²) in [5.74, 6) is 0.373. The normalized spacial score (nSPS) is 12.9. The molecule has 142 valence electrons. The largest absolute Gasteiger partial charge is 0.352 e. The first-order valence-corrected chi connectivity index (χ1v) is 10.4. The van der Waals surface area contributed by atoms with E-state index in [9.17, 15) is 8.42 Å². The molecule has 7 nitrogen and oxygen atoms in total. The first-order valence-electron chi connectivity index (χ1n) is 7.42. The number of nitrogens with one attached hydrogen (secondary N) is 1. The Bertz CT molecular complexity index is 891.